The van der Waals surface area contributed by atoms with Gasteiger partial charge in [-0.25, -0.2) is 0 Å². The predicted molar refractivity (Wildman–Crippen MR) is 101 cm³/mol. The molecule has 0 aliphatic heterocycles. The van der Waals surface area contributed by atoms with Crippen LogP contribution in [0.25, 0.3) is 0 Å². The minimum Gasteiger partial charge on any atom is -0.489 e. The topological polar surface area (TPSA) is 21.6 Å². The van der Waals surface area contributed by atoms with E-state index in [2.05, 4.69) is 4.99 Å². The van der Waals surface area contributed by atoms with Gasteiger partial charge in [-0.15, -0.1) is 0 Å². The molecule has 3 rings (SSSR count). The van der Waals surface area contributed by atoms with Crippen molar-refractivity contribution in [2.45, 2.75) is 6.61 Å². The van der Waals surface area contributed by atoms with Crippen molar-refractivity contribution >= 4 is 35.1 Å². The number of ether oxygens (including phenoxy) is 1. The van der Waals surface area contributed by atoms with Crippen molar-refractivity contribution in [1.82, 2.24) is 0 Å². The Morgan fingerprint density at radius 2 is 1.54 bits per heavy atom. The lowest BCUT2D eigenvalue weighted by molar-refractivity contribution is 0.306. The van der Waals surface area contributed by atoms with Gasteiger partial charge < -0.3 is 4.74 Å². The molecular weight excluding hydrogens is 341 g/mol. The summed E-state index contributed by atoms with van der Waals surface area (Å²) < 4.78 is 5.75. The summed E-state index contributed by atoms with van der Waals surface area (Å²) in [6, 6.07) is 22.8. The number of nitrogens with zero attached hydrogens (tertiary/aromatic N) is 1. The third kappa shape index (κ3) is 4.60. The average Bonchev–Trinajstić information content (AvgIpc) is 2.61. The maximum atomic E-state index is 6.12. The zero-order chi connectivity index (χ0) is 16.8. The Morgan fingerprint density at radius 1 is 0.833 bits per heavy atom. The van der Waals surface area contributed by atoms with E-state index in [0.29, 0.717) is 16.7 Å². The number of hydrogen-bond acceptors (Lipinski definition) is 2. The van der Waals surface area contributed by atoms with E-state index in [9.17, 15) is 0 Å². The zero-order valence-corrected chi connectivity index (χ0v) is 14.3. The second-order valence-electron chi connectivity index (χ2n) is 5.18. The summed E-state index contributed by atoms with van der Waals surface area (Å²) in [5, 5.41) is 1.42. The third-order valence-corrected chi connectivity index (χ3v) is 4.04. The first-order valence-electron chi connectivity index (χ1n) is 7.46. The highest BCUT2D eigenvalue weighted by atomic mass is 35.5. The molecule has 0 radical (unpaired) electrons. The first kappa shape index (κ1) is 16.6. The Hall–Kier alpha value is -2.29. The number of benzene rings is 3. The van der Waals surface area contributed by atoms with Crippen molar-refractivity contribution in [1.29, 1.82) is 0 Å². The molecule has 0 bridgehead atoms. The second-order valence-corrected chi connectivity index (χ2v) is 6.03. The molecule has 24 heavy (non-hydrogen) atoms. The summed E-state index contributed by atoms with van der Waals surface area (Å²) in [5.74, 6) is 0.778. The van der Waals surface area contributed by atoms with Gasteiger partial charge in [0.25, 0.3) is 0 Å². The van der Waals surface area contributed by atoms with Crippen molar-refractivity contribution in [3.63, 3.8) is 0 Å². The van der Waals surface area contributed by atoms with Gasteiger partial charge in [-0.05, 0) is 48.0 Å². The lowest BCUT2D eigenvalue weighted by atomic mass is 10.2. The molecule has 0 fully saturated rings. The van der Waals surface area contributed by atoms with Crippen LogP contribution in [0, 0.1) is 0 Å². The summed E-state index contributed by atoms with van der Waals surface area (Å²) in [6.07, 6.45) is 1.80. The fraction of sp³-hybridized carbons (Fsp3) is 0.0500. The highest BCUT2D eigenvalue weighted by Gasteiger charge is 2.00. The molecule has 3 aromatic rings. The van der Waals surface area contributed by atoms with E-state index in [0.717, 1.165) is 22.6 Å². The number of hydrogen-bond donors (Lipinski definition) is 0. The molecule has 0 saturated heterocycles. The Morgan fingerprint density at radius 3 is 2.25 bits per heavy atom. The van der Waals surface area contributed by atoms with Crippen LogP contribution in [0.2, 0.25) is 10.0 Å². The first-order valence-corrected chi connectivity index (χ1v) is 8.22. The van der Waals surface area contributed by atoms with E-state index in [1.807, 2.05) is 72.8 Å². The van der Waals surface area contributed by atoms with E-state index in [1.54, 1.807) is 6.21 Å². The molecule has 0 aliphatic carbocycles. The summed E-state index contributed by atoms with van der Waals surface area (Å²) in [4.78, 5) is 4.43. The summed E-state index contributed by atoms with van der Waals surface area (Å²) >= 11 is 12.0. The minimum atomic E-state index is 0.438. The second kappa shape index (κ2) is 8.00. The monoisotopic (exact) mass is 355 g/mol. The summed E-state index contributed by atoms with van der Waals surface area (Å²) in [7, 11) is 0. The van der Waals surface area contributed by atoms with Crippen molar-refractivity contribution in [3.05, 3.63) is 94.0 Å². The van der Waals surface area contributed by atoms with Crippen LogP contribution in [0.4, 0.5) is 5.69 Å². The maximum Gasteiger partial charge on any atom is 0.119 e. The molecule has 4 heteroatoms. The SMILES string of the molecule is Clc1ccc(C=Nc2ccc(OCc3ccccc3Cl)cc2)cc1. The lowest BCUT2D eigenvalue weighted by Gasteiger charge is -2.07. The van der Waals surface area contributed by atoms with Crippen LogP contribution < -0.4 is 4.74 Å². The van der Waals surface area contributed by atoms with Gasteiger partial charge in [0.05, 0.1) is 5.69 Å². The quantitative estimate of drug-likeness (QED) is 0.490. The van der Waals surface area contributed by atoms with Gasteiger partial charge in [0.1, 0.15) is 12.4 Å². The standard InChI is InChI=1S/C20H15Cl2NO/c21-17-7-5-15(6-8-17)13-23-18-9-11-19(12-10-18)24-14-16-3-1-2-4-20(16)22/h1-13H,14H2. The maximum absolute atomic E-state index is 6.12. The molecular formula is C20H15Cl2NO. The Labute approximate surface area is 151 Å². The highest BCUT2D eigenvalue weighted by molar-refractivity contribution is 6.31. The van der Waals surface area contributed by atoms with Gasteiger partial charge >= 0.3 is 0 Å². The third-order valence-electron chi connectivity index (χ3n) is 3.42. The van der Waals surface area contributed by atoms with Crippen LogP contribution in [0.5, 0.6) is 5.75 Å². The van der Waals surface area contributed by atoms with Gasteiger partial charge in [0.15, 0.2) is 0 Å². The molecule has 0 aliphatic rings. The van der Waals surface area contributed by atoms with Gasteiger partial charge in [-0.3, -0.25) is 4.99 Å². The van der Waals surface area contributed by atoms with Gasteiger partial charge in [-0.1, -0.05) is 53.5 Å². The molecule has 0 amide bonds. The highest BCUT2D eigenvalue weighted by Crippen LogP contribution is 2.21. The van der Waals surface area contributed by atoms with Gasteiger partial charge in [0, 0.05) is 21.8 Å². The molecule has 0 spiro atoms. The molecule has 3 aromatic carbocycles. The van der Waals surface area contributed by atoms with E-state index in [4.69, 9.17) is 27.9 Å². The molecule has 0 aromatic heterocycles. The van der Waals surface area contributed by atoms with Crippen molar-refractivity contribution in [3.8, 4) is 5.75 Å². The van der Waals surface area contributed by atoms with Crippen LogP contribution in [-0.4, -0.2) is 6.21 Å². The largest absolute Gasteiger partial charge is 0.489 e. The van der Waals surface area contributed by atoms with E-state index >= 15 is 0 Å². The van der Waals surface area contributed by atoms with Crippen molar-refractivity contribution < 1.29 is 4.74 Å². The number of rotatable bonds is 5. The molecule has 0 atom stereocenters. The fourth-order valence-corrected chi connectivity index (χ4v) is 2.42. The van der Waals surface area contributed by atoms with Crippen LogP contribution in [0.15, 0.2) is 77.8 Å². The molecule has 0 heterocycles. The van der Waals surface area contributed by atoms with Gasteiger partial charge in [0.2, 0.25) is 0 Å². The Bertz CT molecular complexity index is 827. The van der Waals surface area contributed by atoms with E-state index in [-0.39, 0.29) is 0 Å². The zero-order valence-electron chi connectivity index (χ0n) is 12.8. The molecule has 2 nitrogen and oxygen atoms in total. The number of aliphatic imine (C=N–C) groups is 1. The lowest BCUT2D eigenvalue weighted by Crippen LogP contribution is -1.95. The van der Waals surface area contributed by atoms with E-state index in [1.165, 1.54) is 0 Å². The van der Waals surface area contributed by atoms with Gasteiger partial charge in [-0.2, -0.15) is 0 Å². The first-order chi connectivity index (χ1) is 11.7. The minimum absolute atomic E-state index is 0.438. The summed E-state index contributed by atoms with van der Waals surface area (Å²) in [5.41, 5.74) is 2.82. The van der Waals surface area contributed by atoms with Crippen molar-refractivity contribution in [2.24, 2.45) is 4.99 Å². The molecule has 120 valence electrons. The van der Waals surface area contributed by atoms with Crippen molar-refractivity contribution in [2.75, 3.05) is 0 Å². The fourth-order valence-electron chi connectivity index (χ4n) is 2.10. The van der Waals surface area contributed by atoms with Crippen LogP contribution in [0.3, 0.4) is 0 Å². The Balaban J connectivity index is 1.61. The van der Waals surface area contributed by atoms with E-state index < -0.39 is 0 Å². The predicted octanol–water partition coefficient (Wildman–Crippen LogP) is 6.32. The molecule has 0 saturated carbocycles. The van der Waals surface area contributed by atoms with Crippen LogP contribution in [0.1, 0.15) is 11.1 Å². The Kier molecular flexibility index (Phi) is 5.52. The average molecular weight is 356 g/mol. The molecule has 0 N–H and O–H groups in total. The van der Waals surface area contributed by atoms with Crippen LogP contribution in [-0.2, 0) is 6.61 Å². The number of halogens is 2. The molecule has 0 unspecified atom stereocenters. The summed E-state index contributed by atoms with van der Waals surface area (Å²) in [6.45, 7) is 0.438. The normalized spacial score (nSPS) is 10.9. The smallest absolute Gasteiger partial charge is 0.119 e. The van der Waals surface area contributed by atoms with Crippen LogP contribution >= 0.6 is 23.2 Å².